The third-order valence-corrected chi connectivity index (χ3v) is 2.96. The lowest BCUT2D eigenvalue weighted by molar-refractivity contribution is -0.389. The fourth-order valence-electron chi connectivity index (χ4n) is 1.66. The molecule has 1 heterocycles. The van der Waals surface area contributed by atoms with Gasteiger partial charge in [-0.15, -0.1) is 0 Å². The summed E-state index contributed by atoms with van der Waals surface area (Å²) in [6, 6.07) is 7.21. The van der Waals surface area contributed by atoms with Gasteiger partial charge in [-0.05, 0) is 23.1 Å². The molecule has 0 aliphatic rings. The van der Waals surface area contributed by atoms with E-state index in [9.17, 15) is 14.9 Å². The van der Waals surface area contributed by atoms with E-state index in [0.29, 0.717) is 0 Å². The van der Waals surface area contributed by atoms with E-state index in [-0.39, 0.29) is 21.8 Å². The minimum atomic E-state index is -0.690. The van der Waals surface area contributed by atoms with Gasteiger partial charge in [0.25, 0.3) is 0 Å². The van der Waals surface area contributed by atoms with Crippen molar-refractivity contribution in [3.63, 3.8) is 0 Å². The van der Waals surface area contributed by atoms with Gasteiger partial charge < -0.3 is 10.1 Å². The molecule has 0 unspecified atom stereocenters. The van der Waals surface area contributed by atoms with Crippen LogP contribution in [0.4, 0.5) is 5.82 Å². The Hall–Kier alpha value is -2.72. The smallest absolute Gasteiger partial charge is 0.358 e. The van der Waals surface area contributed by atoms with E-state index in [2.05, 4.69) is 5.10 Å². The fourth-order valence-corrected chi connectivity index (χ4v) is 1.86. The second-order valence-electron chi connectivity index (χ2n) is 3.90. The summed E-state index contributed by atoms with van der Waals surface area (Å²) in [5.74, 6) is -0.960. The first-order chi connectivity index (χ1) is 9.43. The molecule has 0 saturated carbocycles. The van der Waals surface area contributed by atoms with Crippen LogP contribution in [0.5, 0.6) is 0 Å². The van der Waals surface area contributed by atoms with Crippen LogP contribution in [0.25, 0.3) is 0 Å². The highest BCUT2D eigenvalue weighted by molar-refractivity contribution is 6.34. The summed E-state index contributed by atoms with van der Waals surface area (Å²) in [5.41, 5.74) is 0.395. The largest absolute Gasteiger partial charge is 0.390 e. The molecule has 0 atom stereocenters. The molecule has 100 valence electrons. The van der Waals surface area contributed by atoms with Crippen molar-refractivity contribution >= 4 is 23.2 Å². The van der Waals surface area contributed by atoms with Crippen molar-refractivity contribution in [1.29, 1.82) is 5.26 Å². The van der Waals surface area contributed by atoms with Crippen molar-refractivity contribution in [2.24, 2.45) is 7.05 Å². The SMILES string of the molecule is Cn1nc([N+](=O)[O-])cc1C(=O)c1cc(C#N)ccc1Cl. The summed E-state index contributed by atoms with van der Waals surface area (Å²) in [5, 5.41) is 23.3. The Labute approximate surface area is 118 Å². The molecule has 2 aromatic rings. The van der Waals surface area contributed by atoms with Gasteiger partial charge in [-0.1, -0.05) is 11.6 Å². The predicted molar refractivity (Wildman–Crippen MR) is 69.5 cm³/mol. The monoisotopic (exact) mass is 290 g/mol. The van der Waals surface area contributed by atoms with Crippen molar-refractivity contribution in [3.8, 4) is 6.07 Å². The third kappa shape index (κ3) is 2.37. The minimum absolute atomic E-state index is 0.0219. The van der Waals surface area contributed by atoms with E-state index in [1.807, 2.05) is 6.07 Å². The fraction of sp³-hybridized carbons (Fsp3) is 0.0833. The van der Waals surface area contributed by atoms with Gasteiger partial charge in [0, 0.05) is 5.56 Å². The molecule has 0 N–H and O–H groups in total. The molecule has 20 heavy (non-hydrogen) atoms. The number of carbonyl (C=O) groups excluding carboxylic acids is 1. The molecule has 0 saturated heterocycles. The number of nitriles is 1. The molecular formula is C12H7ClN4O3. The number of hydrogen-bond acceptors (Lipinski definition) is 5. The Balaban J connectivity index is 2.52. The average molecular weight is 291 g/mol. The number of hydrogen-bond donors (Lipinski definition) is 0. The van der Waals surface area contributed by atoms with Crippen molar-refractivity contribution < 1.29 is 9.72 Å². The Morgan fingerprint density at radius 2 is 2.20 bits per heavy atom. The second-order valence-corrected chi connectivity index (χ2v) is 4.31. The summed E-state index contributed by atoms with van der Waals surface area (Å²) in [6.07, 6.45) is 0. The Kier molecular flexibility index (Phi) is 3.50. The van der Waals surface area contributed by atoms with Gasteiger partial charge in [-0.3, -0.25) is 4.79 Å². The lowest BCUT2D eigenvalue weighted by atomic mass is 10.1. The van der Waals surface area contributed by atoms with E-state index < -0.39 is 16.5 Å². The molecule has 0 bridgehead atoms. The summed E-state index contributed by atoms with van der Waals surface area (Å²) in [7, 11) is 1.42. The zero-order chi connectivity index (χ0) is 14.9. The van der Waals surface area contributed by atoms with E-state index in [1.54, 1.807) is 0 Å². The van der Waals surface area contributed by atoms with Gasteiger partial charge in [-0.25, -0.2) is 0 Å². The maximum Gasteiger partial charge on any atom is 0.390 e. The predicted octanol–water partition coefficient (Wildman–Crippen LogP) is 2.08. The summed E-state index contributed by atoms with van der Waals surface area (Å²) >= 11 is 5.93. The van der Waals surface area contributed by atoms with Crippen molar-refractivity contribution in [2.75, 3.05) is 0 Å². The van der Waals surface area contributed by atoms with Crippen molar-refractivity contribution in [3.05, 3.63) is 56.2 Å². The van der Waals surface area contributed by atoms with Crippen molar-refractivity contribution in [2.45, 2.75) is 0 Å². The number of nitrogens with zero attached hydrogens (tertiary/aromatic N) is 4. The minimum Gasteiger partial charge on any atom is -0.358 e. The highest BCUT2D eigenvalue weighted by Crippen LogP contribution is 2.22. The molecular weight excluding hydrogens is 284 g/mol. The van der Waals surface area contributed by atoms with Crippen LogP contribution in [-0.2, 0) is 7.05 Å². The number of halogens is 1. The number of ketones is 1. The van der Waals surface area contributed by atoms with Gasteiger partial charge in [0.05, 0.1) is 34.9 Å². The molecule has 0 aliphatic heterocycles. The number of aryl methyl sites for hydroxylation is 1. The Morgan fingerprint density at radius 3 is 2.75 bits per heavy atom. The highest BCUT2D eigenvalue weighted by atomic mass is 35.5. The Bertz CT molecular complexity index is 761. The normalized spacial score (nSPS) is 10.1. The number of carbonyl (C=O) groups is 1. The Morgan fingerprint density at radius 1 is 1.50 bits per heavy atom. The first kappa shape index (κ1) is 13.7. The molecule has 1 aromatic carbocycles. The summed E-state index contributed by atoms with van der Waals surface area (Å²) in [4.78, 5) is 22.3. The second kappa shape index (κ2) is 5.11. The quantitative estimate of drug-likeness (QED) is 0.489. The molecule has 1 aromatic heterocycles. The van der Waals surface area contributed by atoms with Gasteiger partial charge in [0.2, 0.25) is 5.78 Å². The zero-order valence-electron chi connectivity index (χ0n) is 10.2. The van der Waals surface area contributed by atoms with Crippen LogP contribution < -0.4 is 0 Å². The highest BCUT2D eigenvalue weighted by Gasteiger charge is 2.23. The topological polar surface area (TPSA) is 102 Å². The number of benzene rings is 1. The standard InChI is InChI=1S/C12H7ClN4O3/c1-16-10(5-11(15-16)17(19)20)12(18)8-4-7(6-14)2-3-9(8)13/h2-5H,1H3. The average Bonchev–Trinajstić information content (AvgIpc) is 2.81. The van der Waals surface area contributed by atoms with Gasteiger partial charge in [-0.2, -0.15) is 9.94 Å². The van der Waals surface area contributed by atoms with Crippen LogP contribution in [0.2, 0.25) is 5.02 Å². The molecule has 2 rings (SSSR count). The van der Waals surface area contributed by atoms with Crippen molar-refractivity contribution in [1.82, 2.24) is 9.78 Å². The number of aromatic nitrogens is 2. The summed E-state index contributed by atoms with van der Waals surface area (Å²) < 4.78 is 1.11. The first-order valence-corrected chi connectivity index (χ1v) is 5.74. The number of nitro groups is 1. The van der Waals surface area contributed by atoms with E-state index in [0.717, 1.165) is 10.7 Å². The molecule has 8 heteroatoms. The molecule has 0 fully saturated rings. The first-order valence-electron chi connectivity index (χ1n) is 5.37. The van der Waals surface area contributed by atoms with Crippen LogP contribution in [0.15, 0.2) is 24.3 Å². The molecule has 7 nitrogen and oxygen atoms in total. The van der Waals surface area contributed by atoms with Crippen LogP contribution >= 0.6 is 11.6 Å². The summed E-state index contributed by atoms with van der Waals surface area (Å²) in [6.45, 7) is 0. The zero-order valence-corrected chi connectivity index (χ0v) is 11.0. The molecule has 0 radical (unpaired) electrons. The maximum absolute atomic E-state index is 12.3. The lowest BCUT2D eigenvalue weighted by Gasteiger charge is -2.02. The van der Waals surface area contributed by atoms with Crippen LogP contribution in [0.3, 0.4) is 0 Å². The van der Waals surface area contributed by atoms with Gasteiger partial charge in [0.1, 0.15) is 5.69 Å². The lowest BCUT2D eigenvalue weighted by Crippen LogP contribution is -2.09. The van der Waals surface area contributed by atoms with E-state index in [1.165, 1.54) is 25.2 Å². The van der Waals surface area contributed by atoms with Gasteiger partial charge >= 0.3 is 5.82 Å². The van der Waals surface area contributed by atoms with Gasteiger partial charge in [0.15, 0.2) is 0 Å². The molecule has 0 amide bonds. The van der Waals surface area contributed by atoms with Crippen LogP contribution in [0.1, 0.15) is 21.6 Å². The molecule has 0 aliphatic carbocycles. The van der Waals surface area contributed by atoms with E-state index >= 15 is 0 Å². The van der Waals surface area contributed by atoms with E-state index in [4.69, 9.17) is 16.9 Å². The third-order valence-electron chi connectivity index (χ3n) is 2.63. The number of rotatable bonds is 3. The van der Waals surface area contributed by atoms with Crippen LogP contribution in [0, 0.1) is 21.4 Å². The molecule has 0 spiro atoms. The maximum atomic E-state index is 12.3. The van der Waals surface area contributed by atoms with Crippen LogP contribution in [-0.4, -0.2) is 20.5 Å².